The van der Waals surface area contributed by atoms with E-state index in [1.54, 1.807) is 17.0 Å². The third kappa shape index (κ3) is 3.18. The minimum atomic E-state index is -0.366. The molecule has 0 radical (unpaired) electrons. The van der Waals surface area contributed by atoms with Gasteiger partial charge in [0.25, 0.3) is 5.89 Å². The van der Waals surface area contributed by atoms with Gasteiger partial charge in [-0.1, -0.05) is 11.2 Å². The molecule has 0 aliphatic carbocycles. The largest absolute Gasteiger partial charge is 0.334 e. The summed E-state index contributed by atoms with van der Waals surface area (Å²) in [6, 6.07) is 5.80. The SMILES string of the molecule is O=C(NCc1noc(-c2cccc(F)c2)n1)N1CCCC1. The van der Waals surface area contributed by atoms with E-state index in [-0.39, 0.29) is 24.3 Å². The van der Waals surface area contributed by atoms with Crippen molar-refractivity contribution in [1.82, 2.24) is 20.4 Å². The third-order valence-corrected chi connectivity index (χ3v) is 3.33. The summed E-state index contributed by atoms with van der Waals surface area (Å²) < 4.78 is 18.2. The van der Waals surface area contributed by atoms with Crippen molar-refractivity contribution in [2.75, 3.05) is 13.1 Å². The number of carbonyl (C=O) groups is 1. The highest BCUT2D eigenvalue weighted by Crippen LogP contribution is 2.17. The molecule has 0 bridgehead atoms. The molecule has 1 aliphatic rings. The molecule has 0 spiro atoms. The van der Waals surface area contributed by atoms with Gasteiger partial charge in [-0.05, 0) is 31.0 Å². The Morgan fingerprint density at radius 3 is 2.95 bits per heavy atom. The number of urea groups is 1. The molecule has 2 amide bonds. The molecule has 21 heavy (non-hydrogen) atoms. The summed E-state index contributed by atoms with van der Waals surface area (Å²) in [6.45, 7) is 1.76. The van der Waals surface area contributed by atoms with Crippen molar-refractivity contribution < 1.29 is 13.7 Å². The smallest absolute Gasteiger partial charge is 0.317 e. The standard InChI is InChI=1S/C14H15FN4O2/c15-11-5-3-4-10(8-11)13-17-12(18-21-13)9-16-14(20)19-6-1-2-7-19/h3-5,8H,1-2,6-7,9H2,(H,16,20). The van der Waals surface area contributed by atoms with Crippen LogP contribution in [0.3, 0.4) is 0 Å². The lowest BCUT2D eigenvalue weighted by Gasteiger charge is -2.14. The second kappa shape index (κ2) is 5.90. The number of nitrogens with one attached hydrogen (secondary N) is 1. The number of hydrogen-bond donors (Lipinski definition) is 1. The molecule has 1 saturated heterocycles. The number of aromatic nitrogens is 2. The molecule has 0 unspecified atom stereocenters. The summed E-state index contributed by atoms with van der Waals surface area (Å²) in [6.07, 6.45) is 2.08. The van der Waals surface area contributed by atoms with Crippen LogP contribution in [0.4, 0.5) is 9.18 Å². The maximum absolute atomic E-state index is 13.1. The highest BCUT2D eigenvalue weighted by Gasteiger charge is 2.18. The fourth-order valence-electron chi connectivity index (χ4n) is 2.25. The first-order valence-corrected chi connectivity index (χ1v) is 6.84. The first-order chi connectivity index (χ1) is 10.2. The summed E-state index contributed by atoms with van der Waals surface area (Å²) in [5, 5.41) is 6.52. The van der Waals surface area contributed by atoms with Gasteiger partial charge in [0.1, 0.15) is 5.82 Å². The second-order valence-electron chi connectivity index (χ2n) is 4.88. The van der Waals surface area contributed by atoms with E-state index >= 15 is 0 Å². The highest BCUT2D eigenvalue weighted by molar-refractivity contribution is 5.74. The zero-order chi connectivity index (χ0) is 14.7. The topological polar surface area (TPSA) is 71.3 Å². The average Bonchev–Trinajstić information content (AvgIpc) is 3.16. The normalized spacial score (nSPS) is 14.4. The Morgan fingerprint density at radius 2 is 2.19 bits per heavy atom. The van der Waals surface area contributed by atoms with Crippen LogP contribution in [0.15, 0.2) is 28.8 Å². The molecule has 1 fully saturated rings. The molecule has 7 heteroatoms. The Labute approximate surface area is 120 Å². The molecular weight excluding hydrogens is 275 g/mol. The van der Waals surface area contributed by atoms with Gasteiger partial charge in [0.2, 0.25) is 0 Å². The van der Waals surface area contributed by atoms with Crippen molar-refractivity contribution in [1.29, 1.82) is 0 Å². The Kier molecular flexibility index (Phi) is 3.81. The molecular formula is C14H15FN4O2. The minimum Gasteiger partial charge on any atom is -0.334 e. The highest BCUT2D eigenvalue weighted by atomic mass is 19.1. The summed E-state index contributed by atoms with van der Waals surface area (Å²) >= 11 is 0. The molecule has 0 atom stereocenters. The monoisotopic (exact) mass is 290 g/mol. The van der Waals surface area contributed by atoms with Gasteiger partial charge < -0.3 is 14.7 Å². The van der Waals surface area contributed by atoms with E-state index in [2.05, 4.69) is 15.5 Å². The lowest BCUT2D eigenvalue weighted by atomic mass is 10.2. The van der Waals surface area contributed by atoms with E-state index < -0.39 is 0 Å². The summed E-state index contributed by atoms with van der Waals surface area (Å²) in [5.41, 5.74) is 0.514. The van der Waals surface area contributed by atoms with Crippen molar-refractivity contribution in [3.05, 3.63) is 35.9 Å². The third-order valence-electron chi connectivity index (χ3n) is 3.33. The number of halogens is 1. The molecule has 1 aliphatic heterocycles. The predicted molar refractivity (Wildman–Crippen MR) is 72.7 cm³/mol. The van der Waals surface area contributed by atoms with E-state index in [0.29, 0.717) is 11.4 Å². The van der Waals surface area contributed by atoms with Crippen LogP contribution in [0.2, 0.25) is 0 Å². The van der Waals surface area contributed by atoms with Gasteiger partial charge in [0.15, 0.2) is 5.82 Å². The van der Waals surface area contributed by atoms with Gasteiger partial charge in [-0.3, -0.25) is 0 Å². The number of amides is 2. The Morgan fingerprint density at radius 1 is 1.38 bits per heavy atom. The summed E-state index contributed by atoms with van der Waals surface area (Å²) in [5.74, 6) is 0.233. The quantitative estimate of drug-likeness (QED) is 0.940. The van der Waals surface area contributed by atoms with E-state index in [1.165, 1.54) is 12.1 Å². The van der Waals surface area contributed by atoms with E-state index in [9.17, 15) is 9.18 Å². The number of likely N-dealkylation sites (tertiary alicyclic amines) is 1. The van der Waals surface area contributed by atoms with Gasteiger partial charge in [0.05, 0.1) is 6.54 Å². The van der Waals surface area contributed by atoms with Crippen molar-refractivity contribution in [2.45, 2.75) is 19.4 Å². The maximum atomic E-state index is 13.1. The molecule has 1 N–H and O–H groups in total. The summed E-state index contributed by atoms with van der Waals surface area (Å²) in [7, 11) is 0. The second-order valence-corrected chi connectivity index (χ2v) is 4.88. The Hall–Kier alpha value is -2.44. The van der Waals surface area contributed by atoms with Gasteiger partial charge in [0, 0.05) is 18.7 Å². The number of rotatable bonds is 3. The van der Waals surface area contributed by atoms with Crippen molar-refractivity contribution >= 4 is 6.03 Å². The zero-order valence-electron chi connectivity index (χ0n) is 11.4. The van der Waals surface area contributed by atoms with E-state index in [1.807, 2.05) is 0 Å². The number of benzene rings is 1. The number of hydrogen-bond acceptors (Lipinski definition) is 4. The fraction of sp³-hybridized carbons (Fsp3) is 0.357. The van der Waals surface area contributed by atoms with Crippen molar-refractivity contribution in [3.63, 3.8) is 0 Å². The fourth-order valence-corrected chi connectivity index (χ4v) is 2.25. The predicted octanol–water partition coefficient (Wildman–Crippen LogP) is 2.18. The molecule has 0 saturated carbocycles. The van der Waals surface area contributed by atoms with E-state index in [0.717, 1.165) is 25.9 Å². The van der Waals surface area contributed by atoms with Crippen LogP contribution in [0.25, 0.3) is 11.5 Å². The van der Waals surface area contributed by atoms with Crippen molar-refractivity contribution in [2.24, 2.45) is 0 Å². The van der Waals surface area contributed by atoms with Gasteiger partial charge in [-0.25, -0.2) is 9.18 Å². The Bertz CT molecular complexity index is 637. The van der Waals surface area contributed by atoms with Gasteiger partial charge >= 0.3 is 6.03 Å². The molecule has 1 aromatic heterocycles. The summed E-state index contributed by atoms with van der Waals surface area (Å²) in [4.78, 5) is 17.7. The van der Waals surface area contributed by atoms with Crippen LogP contribution < -0.4 is 5.32 Å². The minimum absolute atomic E-state index is 0.121. The van der Waals surface area contributed by atoms with Crippen LogP contribution in [0, 0.1) is 5.82 Å². The maximum Gasteiger partial charge on any atom is 0.317 e. The van der Waals surface area contributed by atoms with Crippen LogP contribution >= 0.6 is 0 Å². The number of nitrogens with zero attached hydrogens (tertiary/aromatic N) is 3. The molecule has 6 nitrogen and oxygen atoms in total. The average molecular weight is 290 g/mol. The van der Waals surface area contributed by atoms with Crippen molar-refractivity contribution in [3.8, 4) is 11.5 Å². The van der Waals surface area contributed by atoms with Crippen LogP contribution in [0.5, 0.6) is 0 Å². The van der Waals surface area contributed by atoms with Gasteiger partial charge in [-0.15, -0.1) is 0 Å². The van der Waals surface area contributed by atoms with Crippen LogP contribution in [-0.4, -0.2) is 34.2 Å². The first-order valence-electron chi connectivity index (χ1n) is 6.84. The first kappa shape index (κ1) is 13.5. The van der Waals surface area contributed by atoms with E-state index in [4.69, 9.17) is 4.52 Å². The molecule has 110 valence electrons. The number of carbonyl (C=O) groups excluding carboxylic acids is 1. The molecule has 2 heterocycles. The van der Waals surface area contributed by atoms with Crippen LogP contribution in [0.1, 0.15) is 18.7 Å². The molecule has 2 aromatic rings. The lowest BCUT2D eigenvalue weighted by molar-refractivity contribution is 0.208. The Balaban J connectivity index is 1.61. The van der Waals surface area contributed by atoms with Gasteiger partial charge in [-0.2, -0.15) is 4.98 Å². The zero-order valence-corrected chi connectivity index (χ0v) is 11.4. The lowest BCUT2D eigenvalue weighted by Crippen LogP contribution is -2.37. The molecule has 1 aromatic carbocycles. The van der Waals surface area contributed by atoms with Crippen LogP contribution in [-0.2, 0) is 6.54 Å². The molecule has 3 rings (SSSR count).